The number of primary amides is 1. The number of rotatable bonds is 6. The van der Waals surface area contributed by atoms with Crippen LogP contribution in [0.4, 0.5) is 5.69 Å². The molecule has 0 unspecified atom stereocenters. The lowest BCUT2D eigenvalue weighted by atomic mass is 10.1. The van der Waals surface area contributed by atoms with Crippen molar-refractivity contribution in [2.75, 3.05) is 33.0 Å². The van der Waals surface area contributed by atoms with Gasteiger partial charge < -0.3 is 25.8 Å². The second kappa shape index (κ2) is 6.65. The van der Waals surface area contributed by atoms with Gasteiger partial charge in [0.1, 0.15) is 11.5 Å². The molecule has 0 aliphatic heterocycles. The van der Waals surface area contributed by atoms with Gasteiger partial charge in [-0.2, -0.15) is 0 Å². The summed E-state index contributed by atoms with van der Waals surface area (Å²) in [5, 5.41) is 0. The van der Waals surface area contributed by atoms with E-state index in [9.17, 15) is 9.59 Å². The molecule has 7 nitrogen and oxygen atoms in total. The summed E-state index contributed by atoms with van der Waals surface area (Å²) in [6, 6.07) is 3.08. The van der Waals surface area contributed by atoms with Gasteiger partial charge in [0.15, 0.2) is 0 Å². The SMILES string of the molecule is CCN(CC(N)=O)C(=O)c1cc(OC)cc(OC)c1N. The third kappa shape index (κ3) is 3.31. The average Bonchev–Trinajstić information content (AvgIpc) is 2.44. The number of benzene rings is 1. The van der Waals surface area contributed by atoms with Crippen molar-refractivity contribution < 1.29 is 19.1 Å². The van der Waals surface area contributed by atoms with E-state index in [2.05, 4.69) is 0 Å². The Morgan fingerprint density at radius 3 is 2.35 bits per heavy atom. The van der Waals surface area contributed by atoms with Crippen LogP contribution < -0.4 is 20.9 Å². The molecule has 2 amide bonds. The van der Waals surface area contributed by atoms with Crippen LogP contribution in [-0.4, -0.2) is 44.0 Å². The van der Waals surface area contributed by atoms with Crippen molar-refractivity contribution in [1.82, 2.24) is 4.90 Å². The number of carbonyl (C=O) groups is 2. The summed E-state index contributed by atoms with van der Waals surface area (Å²) >= 11 is 0. The van der Waals surface area contributed by atoms with Crippen molar-refractivity contribution in [2.45, 2.75) is 6.92 Å². The predicted octanol–water partition coefficient (Wildman–Crippen LogP) is 0.233. The Morgan fingerprint density at radius 2 is 1.90 bits per heavy atom. The van der Waals surface area contributed by atoms with Crippen LogP contribution in [0.5, 0.6) is 11.5 Å². The van der Waals surface area contributed by atoms with Crippen molar-refractivity contribution in [3.8, 4) is 11.5 Å². The number of nitrogens with zero attached hydrogens (tertiary/aromatic N) is 1. The molecule has 0 aromatic heterocycles. The Bertz CT molecular complexity index is 517. The van der Waals surface area contributed by atoms with E-state index in [4.69, 9.17) is 20.9 Å². The van der Waals surface area contributed by atoms with Crippen LogP contribution in [0.1, 0.15) is 17.3 Å². The number of nitrogens with two attached hydrogens (primary N) is 2. The molecule has 0 aliphatic rings. The number of anilines is 1. The normalized spacial score (nSPS) is 9.95. The molecule has 0 atom stereocenters. The van der Waals surface area contributed by atoms with Gasteiger partial charge in [-0.25, -0.2) is 0 Å². The molecule has 0 aliphatic carbocycles. The minimum Gasteiger partial charge on any atom is -0.497 e. The average molecular weight is 281 g/mol. The van der Waals surface area contributed by atoms with Gasteiger partial charge in [0, 0.05) is 12.6 Å². The number of amides is 2. The lowest BCUT2D eigenvalue weighted by Gasteiger charge is -2.21. The van der Waals surface area contributed by atoms with Crippen LogP contribution >= 0.6 is 0 Å². The highest BCUT2D eigenvalue weighted by atomic mass is 16.5. The van der Waals surface area contributed by atoms with Crippen LogP contribution in [0.15, 0.2) is 12.1 Å². The van der Waals surface area contributed by atoms with Crippen LogP contribution in [0.2, 0.25) is 0 Å². The molecule has 110 valence electrons. The summed E-state index contributed by atoms with van der Waals surface area (Å²) in [7, 11) is 2.92. The molecule has 4 N–H and O–H groups in total. The van der Waals surface area contributed by atoms with E-state index >= 15 is 0 Å². The first-order chi connectivity index (χ1) is 9.44. The molecule has 0 radical (unpaired) electrons. The second-order valence-corrected chi connectivity index (χ2v) is 4.08. The summed E-state index contributed by atoms with van der Waals surface area (Å²) in [5.74, 6) is -0.216. The highest BCUT2D eigenvalue weighted by molar-refractivity contribution is 6.02. The summed E-state index contributed by atoms with van der Waals surface area (Å²) in [6.07, 6.45) is 0. The lowest BCUT2D eigenvalue weighted by molar-refractivity contribution is -0.118. The lowest BCUT2D eigenvalue weighted by Crippen LogP contribution is -2.38. The van der Waals surface area contributed by atoms with E-state index in [0.717, 1.165) is 0 Å². The Labute approximate surface area is 117 Å². The fourth-order valence-electron chi connectivity index (χ4n) is 1.75. The van der Waals surface area contributed by atoms with Crippen LogP contribution in [0, 0.1) is 0 Å². The van der Waals surface area contributed by atoms with E-state index in [-0.39, 0.29) is 17.8 Å². The van der Waals surface area contributed by atoms with Gasteiger partial charge in [0.05, 0.1) is 32.0 Å². The number of carbonyl (C=O) groups excluding carboxylic acids is 2. The predicted molar refractivity (Wildman–Crippen MR) is 74.7 cm³/mol. The Morgan fingerprint density at radius 1 is 1.25 bits per heavy atom. The molecule has 0 heterocycles. The molecular weight excluding hydrogens is 262 g/mol. The number of ether oxygens (including phenoxy) is 2. The third-order valence-corrected chi connectivity index (χ3v) is 2.82. The first-order valence-electron chi connectivity index (χ1n) is 6.03. The van der Waals surface area contributed by atoms with Gasteiger partial charge >= 0.3 is 0 Å². The highest BCUT2D eigenvalue weighted by Gasteiger charge is 2.21. The van der Waals surface area contributed by atoms with E-state index in [1.54, 1.807) is 13.0 Å². The van der Waals surface area contributed by atoms with Gasteiger partial charge in [-0.05, 0) is 13.0 Å². The van der Waals surface area contributed by atoms with E-state index < -0.39 is 11.8 Å². The molecule has 0 saturated carbocycles. The molecule has 1 aromatic carbocycles. The molecule has 0 spiro atoms. The quantitative estimate of drug-likeness (QED) is 0.726. The Kier molecular flexibility index (Phi) is 5.19. The standard InChI is InChI=1S/C13H19N3O4/c1-4-16(7-11(14)17)13(18)9-5-8(19-2)6-10(20-3)12(9)15/h5-6H,4,7,15H2,1-3H3,(H2,14,17). The van der Waals surface area contributed by atoms with Crippen LogP contribution in [0.3, 0.4) is 0 Å². The third-order valence-electron chi connectivity index (χ3n) is 2.82. The minimum absolute atomic E-state index is 0.172. The summed E-state index contributed by atoms with van der Waals surface area (Å²) in [6.45, 7) is 1.91. The second-order valence-electron chi connectivity index (χ2n) is 4.08. The zero-order valence-corrected chi connectivity index (χ0v) is 11.8. The molecular formula is C13H19N3O4. The zero-order valence-electron chi connectivity index (χ0n) is 11.8. The Hall–Kier alpha value is -2.44. The summed E-state index contributed by atoms with van der Waals surface area (Å²) in [4.78, 5) is 24.7. The summed E-state index contributed by atoms with van der Waals surface area (Å²) in [5.41, 5.74) is 11.4. The zero-order chi connectivity index (χ0) is 15.3. The van der Waals surface area contributed by atoms with Crippen molar-refractivity contribution in [1.29, 1.82) is 0 Å². The fraction of sp³-hybridized carbons (Fsp3) is 0.385. The number of likely N-dealkylation sites (N-methyl/N-ethyl adjacent to an activating group) is 1. The molecule has 20 heavy (non-hydrogen) atoms. The van der Waals surface area contributed by atoms with Gasteiger partial charge in [-0.1, -0.05) is 0 Å². The number of nitrogen functional groups attached to an aromatic ring is 1. The Balaban J connectivity index is 3.22. The van der Waals surface area contributed by atoms with Gasteiger partial charge in [-0.3, -0.25) is 9.59 Å². The first kappa shape index (κ1) is 15.6. The van der Waals surface area contributed by atoms with E-state index in [1.165, 1.54) is 25.2 Å². The van der Waals surface area contributed by atoms with E-state index in [0.29, 0.717) is 18.0 Å². The van der Waals surface area contributed by atoms with Crippen LogP contribution in [0.25, 0.3) is 0 Å². The molecule has 1 aromatic rings. The van der Waals surface area contributed by atoms with E-state index in [1.807, 2.05) is 0 Å². The van der Waals surface area contributed by atoms with Gasteiger partial charge in [-0.15, -0.1) is 0 Å². The van der Waals surface area contributed by atoms with Crippen molar-refractivity contribution >= 4 is 17.5 Å². The van der Waals surface area contributed by atoms with Crippen molar-refractivity contribution in [3.05, 3.63) is 17.7 Å². The fourth-order valence-corrected chi connectivity index (χ4v) is 1.75. The number of hydrogen-bond donors (Lipinski definition) is 2. The van der Waals surface area contributed by atoms with Crippen molar-refractivity contribution in [2.24, 2.45) is 5.73 Å². The summed E-state index contributed by atoms with van der Waals surface area (Å²) < 4.78 is 10.2. The largest absolute Gasteiger partial charge is 0.497 e. The number of methoxy groups -OCH3 is 2. The monoisotopic (exact) mass is 281 g/mol. The van der Waals surface area contributed by atoms with Gasteiger partial charge in [0.2, 0.25) is 5.91 Å². The smallest absolute Gasteiger partial charge is 0.256 e. The molecule has 7 heteroatoms. The maximum Gasteiger partial charge on any atom is 0.256 e. The molecule has 1 rings (SSSR count). The molecule has 0 saturated heterocycles. The highest BCUT2D eigenvalue weighted by Crippen LogP contribution is 2.31. The topological polar surface area (TPSA) is 108 Å². The first-order valence-corrected chi connectivity index (χ1v) is 6.03. The molecule has 0 fully saturated rings. The minimum atomic E-state index is -0.589. The maximum absolute atomic E-state index is 12.4. The van der Waals surface area contributed by atoms with Gasteiger partial charge in [0.25, 0.3) is 5.91 Å². The van der Waals surface area contributed by atoms with Crippen LogP contribution in [-0.2, 0) is 4.79 Å². The maximum atomic E-state index is 12.4. The molecule has 0 bridgehead atoms. The van der Waals surface area contributed by atoms with Crippen molar-refractivity contribution in [3.63, 3.8) is 0 Å². The number of hydrogen-bond acceptors (Lipinski definition) is 5.